The number of hydrogen-bond donors (Lipinski definition) is 8. The maximum atomic E-state index is 9.24. The molecule has 0 aromatic rings. The number of carbonyl (C=O) groups is 1. The van der Waals surface area contributed by atoms with Crippen LogP contribution >= 0.6 is 0 Å². The number of carboxylic acid groups (broad SMARTS) is 1. The van der Waals surface area contributed by atoms with Gasteiger partial charge in [0.1, 0.15) is 0 Å². The number of rotatable bonds is 4. The summed E-state index contributed by atoms with van der Waals surface area (Å²) in [6, 6.07) is 0. The normalized spacial score (nSPS) is 7.47. The average Bonchev–Trinajstić information content (AvgIpc) is 2.39. The summed E-state index contributed by atoms with van der Waals surface area (Å²) < 4.78 is 0. The molecule has 17 heavy (non-hydrogen) atoms. The zero-order chi connectivity index (χ0) is 14.5. The Morgan fingerprint density at radius 1 is 0.941 bits per heavy atom. The third-order valence-corrected chi connectivity index (χ3v) is 0.649. The lowest BCUT2D eigenvalue weighted by molar-refractivity contribution is -0.135. The van der Waals surface area contributed by atoms with Gasteiger partial charge in [0, 0.05) is 0 Å². The van der Waals surface area contributed by atoms with E-state index < -0.39 is 5.97 Å². The lowest BCUT2D eigenvalue weighted by atomic mass is 10.7. The third kappa shape index (κ3) is 151. The van der Waals surface area contributed by atoms with Crippen LogP contribution in [0, 0.1) is 0 Å². The van der Waals surface area contributed by atoms with Crippen LogP contribution in [0.2, 0.25) is 0 Å². The molecule has 0 atom stereocenters. The first kappa shape index (κ1) is 25.1. The summed E-state index contributed by atoms with van der Waals surface area (Å²) in [5.41, 5.74) is 4.57. The van der Waals surface area contributed by atoms with Crippen molar-refractivity contribution in [1.29, 1.82) is 0 Å². The van der Waals surface area contributed by atoms with Gasteiger partial charge in [-0.3, -0.25) is 20.7 Å². The van der Waals surface area contributed by atoms with Gasteiger partial charge >= 0.3 is 5.97 Å². The molecule has 9 nitrogen and oxygen atoms in total. The lowest BCUT2D eigenvalue weighted by Gasteiger charge is -1.76. The number of nitrogens with two attached hydrogens (primary N) is 1. The molecule has 0 aromatic heterocycles. The second-order valence-corrected chi connectivity index (χ2v) is 2.13. The van der Waals surface area contributed by atoms with Gasteiger partial charge in [-0.25, -0.2) is 0 Å². The SMILES string of the molecule is CNCO.CNCO.CNCO.NCC(=O)O. The molecule has 108 valence electrons. The van der Waals surface area contributed by atoms with Crippen LogP contribution in [-0.4, -0.2) is 74.3 Å². The first-order valence-electron chi connectivity index (χ1n) is 4.70. The van der Waals surface area contributed by atoms with Crippen LogP contribution in [0.5, 0.6) is 0 Å². The van der Waals surface area contributed by atoms with Crippen molar-refractivity contribution in [2.75, 3.05) is 47.9 Å². The lowest BCUT2D eigenvalue weighted by Crippen LogP contribution is -2.10. The molecule has 0 aliphatic rings. The van der Waals surface area contributed by atoms with Gasteiger partial charge in [0.05, 0.1) is 26.7 Å². The number of hydrogen-bond acceptors (Lipinski definition) is 8. The van der Waals surface area contributed by atoms with Crippen molar-refractivity contribution in [3.8, 4) is 0 Å². The van der Waals surface area contributed by atoms with Crippen molar-refractivity contribution in [2.24, 2.45) is 5.73 Å². The van der Waals surface area contributed by atoms with Gasteiger partial charge in [-0.2, -0.15) is 0 Å². The highest BCUT2D eigenvalue weighted by Gasteiger charge is 1.81. The van der Waals surface area contributed by atoms with E-state index in [1.807, 2.05) is 0 Å². The van der Waals surface area contributed by atoms with Crippen molar-refractivity contribution < 1.29 is 25.2 Å². The summed E-state index contributed by atoms with van der Waals surface area (Å²) in [6.07, 6.45) is 0. The molecular formula is C8H26N4O5. The molecule has 0 saturated carbocycles. The molecule has 0 fully saturated rings. The second kappa shape index (κ2) is 36.2. The number of aliphatic hydroxyl groups excluding tert-OH is 3. The summed E-state index contributed by atoms with van der Waals surface area (Å²) in [5.74, 6) is -0.968. The maximum absolute atomic E-state index is 9.24. The molecule has 0 radical (unpaired) electrons. The van der Waals surface area contributed by atoms with Crippen molar-refractivity contribution in [2.45, 2.75) is 0 Å². The zero-order valence-corrected chi connectivity index (χ0v) is 10.6. The van der Waals surface area contributed by atoms with Gasteiger partial charge in [-0.1, -0.05) is 0 Å². The van der Waals surface area contributed by atoms with Crippen molar-refractivity contribution in [3.63, 3.8) is 0 Å². The number of nitrogens with one attached hydrogen (secondary N) is 3. The first-order valence-corrected chi connectivity index (χ1v) is 4.70. The maximum Gasteiger partial charge on any atom is 0.317 e. The molecule has 0 spiro atoms. The minimum atomic E-state index is -0.968. The first-order chi connectivity index (χ1) is 8.01. The monoisotopic (exact) mass is 258 g/mol. The number of aliphatic hydroxyl groups is 3. The number of aliphatic carboxylic acids is 1. The summed E-state index contributed by atoms with van der Waals surface area (Å²) >= 11 is 0. The molecule has 0 aliphatic carbocycles. The predicted molar refractivity (Wildman–Crippen MR) is 65.1 cm³/mol. The molecule has 0 bridgehead atoms. The van der Waals surface area contributed by atoms with Crippen molar-refractivity contribution in [3.05, 3.63) is 0 Å². The van der Waals surface area contributed by atoms with Crippen LogP contribution in [0.4, 0.5) is 0 Å². The minimum absolute atomic E-state index is 0.0694. The Morgan fingerprint density at radius 3 is 1.06 bits per heavy atom. The van der Waals surface area contributed by atoms with Gasteiger partial charge in [-0.05, 0) is 21.1 Å². The van der Waals surface area contributed by atoms with Crippen molar-refractivity contribution >= 4 is 5.97 Å². The topological polar surface area (TPSA) is 160 Å². The third-order valence-electron chi connectivity index (χ3n) is 0.649. The van der Waals surface area contributed by atoms with Gasteiger partial charge < -0.3 is 26.2 Å². The highest BCUT2D eigenvalue weighted by molar-refractivity contribution is 5.68. The van der Waals surface area contributed by atoms with Crippen LogP contribution in [0.15, 0.2) is 0 Å². The molecule has 0 aromatic carbocycles. The van der Waals surface area contributed by atoms with Gasteiger partial charge in [0.25, 0.3) is 0 Å². The molecule has 0 amide bonds. The summed E-state index contributed by atoms with van der Waals surface area (Å²) in [5, 5.41) is 38.3. The van der Waals surface area contributed by atoms with E-state index in [0.29, 0.717) is 0 Å². The van der Waals surface area contributed by atoms with Crippen LogP contribution in [0.1, 0.15) is 0 Å². The fourth-order valence-electron chi connectivity index (χ4n) is 0. The van der Waals surface area contributed by atoms with E-state index in [9.17, 15) is 4.79 Å². The molecular weight excluding hydrogens is 232 g/mol. The molecule has 0 saturated heterocycles. The molecule has 0 aliphatic heterocycles. The summed E-state index contributed by atoms with van der Waals surface area (Å²) in [7, 11) is 5.04. The van der Waals surface area contributed by atoms with E-state index in [0.717, 1.165) is 0 Å². The van der Waals surface area contributed by atoms with Gasteiger partial charge in [0.2, 0.25) is 0 Å². The van der Waals surface area contributed by atoms with E-state index in [2.05, 4.69) is 21.7 Å². The largest absolute Gasteiger partial charge is 0.480 e. The minimum Gasteiger partial charge on any atom is -0.480 e. The van der Waals surface area contributed by atoms with Gasteiger partial charge in [0.15, 0.2) is 0 Å². The van der Waals surface area contributed by atoms with E-state index >= 15 is 0 Å². The Kier molecular flexibility index (Phi) is 53.6. The highest BCUT2D eigenvalue weighted by atomic mass is 16.4. The fourth-order valence-corrected chi connectivity index (χ4v) is 0. The smallest absolute Gasteiger partial charge is 0.317 e. The van der Waals surface area contributed by atoms with Crippen LogP contribution in [0.3, 0.4) is 0 Å². The van der Waals surface area contributed by atoms with E-state index in [-0.39, 0.29) is 26.7 Å². The van der Waals surface area contributed by atoms with Gasteiger partial charge in [-0.15, -0.1) is 0 Å². The van der Waals surface area contributed by atoms with Crippen molar-refractivity contribution in [1.82, 2.24) is 16.0 Å². The Balaban J connectivity index is -0.0000000667. The average molecular weight is 258 g/mol. The fraction of sp³-hybridized carbons (Fsp3) is 0.875. The predicted octanol–water partition coefficient (Wildman–Crippen LogP) is -3.50. The van der Waals surface area contributed by atoms with E-state index in [1.165, 1.54) is 0 Å². The Morgan fingerprint density at radius 2 is 1.06 bits per heavy atom. The molecule has 0 rings (SSSR count). The Labute approximate surface area is 102 Å². The summed E-state index contributed by atoms with van der Waals surface area (Å²) in [6.45, 7) is -0.0694. The Bertz CT molecular complexity index is 103. The molecule has 9 N–H and O–H groups in total. The zero-order valence-electron chi connectivity index (χ0n) is 10.6. The van der Waals surface area contributed by atoms with E-state index in [1.54, 1.807) is 21.1 Å². The van der Waals surface area contributed by atoms with Crippen LogP contribution < -0.4 is 21.7 Å². The molecule has 0 unspecified atom stereocenters. The van der Waals surface area contributed by atoms with E-state index in [4.69, 9.17) is 20.4 Å². The second-order valence-electron chi connectivity index (χ2n) is 2.13. The Hall–Kier alpha value is -0.810. The quantitative estimate of drug-likeness (QED) is 0.239. The number of carboxylic acids is 1. The standard InChI is InChI=1S/C2H5NO2.3C2H7NO/c3-1-2(4)5;3*1-3-2-4/h1,3H2,(H,4,5);3*3-4H,2H2,1H3. The van der Waals surface area contributed by atoms with Crippen LogP contribution in [0.25, 0.3) is 0 Å². The van der Waals surface area contributed by atoms with Crippen LogP contribution in [-0.2, 0) is 4.79 Å². The summed E-state index contributed by atoms with van der Waals surface area (Å²) in [4.78, 5) is 9.24. The molecule has 9 heteroatoms. The highest BCUT2D eigenvalue weighted by Crippen LogP contribution is 1.43. The molecule has 0 heterocycles.